The lowest BCUT2D eigenvalue weighted by atomic mass is 9.78. The SMILES string of the molecule is CC(C)(C)OC(=O)N1CCC2(CCNCC2)C1=O.Cl. The first-order valence-electron chi connectivity index (χ1n) is 6.60. The molecule has 0 saturated carbocycles. The van der Waals surface area contributed by atoms with Crippen molar-refractivity contribution < 1.29 is 14.3 Å². The minimum absolute atomic E-state index is 0. The number of nitrogens with one attached hydrogen (secondary N) is 1. The summed E-state index contributed by atoms with van der Waals surface area (Å²) in [4.78, 5) is 25.7. The summed E-state index contributed by atoms with van der Waals surface area (Å²) in [5, 5.41) is 3.25. The predicted molar refractivity (Wildman–Crippen MR) is 74.3 cm³/mol. The number of carbonyl (C=O) groups excluding carboxylic acids is 2. The molecular weight excluding hydrogens is 268 g/mol. The number of rotatable bonds is 0. The van der Waals surface area contributed by atoms with E-state index in [0.29, 0.717) is 6.54 Å². The molecule has 0 atom stereocenters. The molecule has 2 aliphatic rings. The zero-order chi connectivity index (χ0) is 13.4. The number of likely N-dealkylation sites (tertiary alicyclic amines) is 1. The summed E-state index contributed by atoms with van der Waals surface area (Å²) in [6.45, 7) is 7.64. The molecule has 0 aromatic heterocycles. The standard InChI is InChI=1S/C13H22N2O3.ClH/c1-12(2,3)18-11(17)15-9-6-13(10(15)16)4-7-14-8-5-13;/h14H,4-9H2,1-3H3;1H. The number of ether oxygens (including phenoxy) is 1. The highest BCUT2D eigenvalue weighted by Crippen LogP contribution is 2.40. The first kappa shape index (κ1) is 16.2. The van der Waals surface area contributed by atoms with E-state index < -0.39 is 11.7 Å². The Morgan fingerprint density at radius 1 is 1.26 bits per heavy atom. The Balaban J connectivity index is 0.00000180. The lowest BCUT2D eigenvalue weighted by Gasteiger charge is -2.32. The molecule has 2 amide bonds. The molecule has 19 heavy (non-hydrogen) atoms. The molecule has 5 nitrogen and oxygen atoms in total. The van der Waals surface area contributed by atoms with Crippen molar-refractivity contribution in [1.29, 1.82) is 0 Å². The van der Waals surface area contributed by atoms with Crippen molar-refractivity contribution in [2.75, 3.05) is 19.6 Å². The topological polar surface area (TPSA) is 58.6 Å². The van der Waals surface area contributed by atoms with Gasteiger partial charge in [-0.15, -0.1) is 12.4 Å². The van der Waals surface area contributed by atoms with Gasteiger partial charge in [-0.1, -0.05) is 0 Å². The van der Waals surface area contributed by atoms with Crippen molar-refractivity contribution in [1.82, 2.24) is 10.2 Å². The largest absolute Gasteiger partial charge is 0.443 e. The van der Waals surface area contributed by atoms with Gasteiger partial charge in [0.2, 0.25) is 5.91 Å². The fourth-order valence-corrected chi connectivity index (χ4v) is 2.68. The summed E-state index contributed by atoms with van der Waals surface area (Å²) >= 11 is 0. The third kappa shape index (κ3) is 3.39. The van der Waals surface area contributed by atoms with Gasteiger partial charge < -0.3 is 10.1 Å². The second-order valence-electron chi connectivity index (χ2n) is 6.22. The second-order valence-corrected chi connectivity index (χ2v) is 6.22. The van der Waals surface area contributed by atoms with Crippen LogP contribution < -0.4 is 5.32 Å². The van der Waals surface area contributed by atoms with Crippen LogP contribution in [0.15, 0.2) is 0 Å². The predicted octanol–water partition coefficient (Wildman–Crippen LogP) is 1.95. The van der Waals surface area contributed by atoms with Gasteiger partial charge in [-0.05, 0) is 53.1 Å². The van der Waals surface area contributed by atoms with E-state index in [1.165, 1.54) is 4.90 Å². The average Bonchev–Trinajstić information content (AvgIpc) is 2.56. The van der Waals surface area contributed by atoms with Crippen LogP contribution in [-0.2, 0) is 9.53 Å². The molecule has 0 radical (unpaired) electrons. The Hall–Kier alpha value is -0.810. The van der Waals surface area contributed by atoms with Crippen molar-refractivity contribution in [2.24, 2.45) is 5.41 Å². The van der Waals surface area contributed by atoms with Gasteiger partial charge >= 0.3 is 6.09 Å². The maximum atomic E-state index is 12.4. The van der Waals surface area contributed by atoms with E-state index in [9.17, 15) is 9.59 Å². The van der Waals surface area contributed by atoms with Gasteiger partial charge in [0.1, 0.15) is 5.60 Å². The van der Waals surface area contributed by atoms with Crippen molar-refractivity contribution in [3.63, 3.8) is 0 Å². The van der Waals surface area contributed by atoms with Crippen LogP contribution >= 0.6 is 12.4 Å². The molecule has 1 spiro atoms. The first-order valence-corrected chi connectivity index (χ1v) is 6.60. The molecule has 0 aromatic rings. The van der Waals surface area contributed by atoms with E-state index in [1.807, 2.05) is 20.8 Å². The highest BCUT2D eigenvalue weighted by Gasteiger charge is 2.49. The van der Waals surface area contributed by atoms with E-state index >= 15 is 0 Å². The summed E-state index contributed by atoms with van der Waals surface area (Å²) in [6, 6.07) is 0. The molecule has 0 unspecified atom stereocenters. The molecule has 0 aromatic carbocycles. The normalized spacial score (nSPS) is 22.3. The molecule has 110 valence electrons. The van der Waals surface area contributed by atoms with Gasteiger partial charge in [0.25, 0.3) is 0 Å². The molecule has 6 heteroatoms. The third-order valence-corrected chi connectivity index (χ3v) is 3.69. The Bertz CT molecular complexity index is 359. The van der Waals surface area contributed by atoms with Gasteiger partial charge in [0.05, 0.1) is 5.41 Å². The molecule has 2 rings (SSSR count). The minimum Gasteiger partial charge on any atom is -0.443 e. The van der Waals surface area contributed by atoms with Gasteiger partial charge in [-0.25, -0.2) is 9.69 Å². The van der Waals surface area contributed by atoms with Crippen LogP contribution in [0.1, 0.15) is 40.0 Å². The zero-order valence-corrected chi connectivity index (χ0v) is 12.6. The van der Waals surface area contributed by atoms with E-state index in [4.69, 9.17) is 4.74 Å². The molecule has 2 heterocycles. The number of imide groups is 1. The van der Waals surface area contributed by atoms with Crippen LogP contribution in [0.4, 0.5) is 4.79 Å². The molecule has 0 aliphatic carbocycles. The highest BCUT2D eigenvalue weighted by atomic mass is 35.5. The van der Waals surface area contributed by atoms with Crippen LogP contribution in [0.2, 0.25) is 0 Å². The van der Waals surface area contributed by atoms with Gasteiger partial charge in [0, 0.05) is 6.54 Å². The molecule has 2 saturated heterocycles. The number of halogens is 1. The zero-order valence-electron chi connectivity index (χ0n) is 11.8. The maximum Gasteiger partial charge on any atom is 0.417 e. The van der Waals surface area contributed by atoms with E-state index in [2.05, 4.69) is 5.32 Å². The van der Waals surface area contributed by atoms with E-state index in [1.54, 1.807) is 0 Å². The summed E-state index contributed by atoms with van der Waals surface area (Å²) in [5.74, 6) is -0.0433. The molecule has 1 N–H and O–H groups in total. The van der Waals surface area contributed by atoms with Crippen molar-refractivity contribution >= 4 is 24.4 Å². The van der Waals surface area contributed by atoms with E-state index in [-0.39, 0.29) is 23.7 Å². The van der Waals surface area contributed by atoms with Gasteiger partial charge in [0.15, 0.2) is 0 Å². The van der Waals surface area contributed by atoms with Gasteiger partial charge in [-0.3, -0.25) is 4.79 Å². The summed E-state index contributed by atoms with van der Waals surface area (Å²) in [5.41, 5.74) is -0.872. The molecular formula is C13H23ClN2O3. The lowest BCUT2D eigenvalue weighted by Crippen LogP contribution is -2.45. The van der Waals surface area contributed by atoms with Crippen molar-refractivity contribution in [3.05, 3.63) is 0 Å². The third-order valence-electron chi connectivity index (χ3n) is 3.69. The summed E-state index contributed by atoms with van der Waals surface area (Å²) in [7, 11) is 0. The number of nitrogens with zero attached hydrogens (tertiary/aromatic N) is 1. The highest BCUT2D eigenvalue weighted by molar-refractivity contribution is 5.97. The van der Waals surface area contributed by atoms with Gasteiger partial charge in [-0.2, -0.15) is 0 Å². The molecule has 2 aliphatic heterocycles. The average molecular weight is 291 g/mol. The van der Waals surface area contributed by atoms with Crippen LogP contribution in [0, 0.1) is 5.41 Å². The first-order chi connectivity index (χ1) is 8.34. The van der Waals surface area contributed by atoms with Crippen LogP contribution in [0.25, 0.3) is 0 Å². The fraction of sp³-hybridized carbons (Fsp3) is 0.846. The number of piperidine rings is 1. The Labute approximate surface area is 120 Å². The van der Waals surface area contributed by atoms with Crippen molar-refractivity contribution in [2.45, 2.75) is 45.6 Å². The Morgan fingerprint density at radius 3 is 2.37 bits per heavy atom. The number of carbonyl (C=O) groups is 2. The second kappa shape index (κ2) is 5.67. The van der Waals surface area contributed by atoms with Crippen LogP contribution in [0.3, 0.4) is 0 Å². The summed E-state index contributed by atoms with van der Waals surface area (Å²) < 4.78 is 5.28. The molecule has 0 bridgehead atoms. The van der Waals surface area contributed by atoms with Crippen LogP contribution in [-0.4, -0.2) is 42.1 Å². The number of hydrogen-bond donors (Lipinski definition) is 1. The Morgan fingerprint density at radius 2 is 1.84 bits per heavy atom. The maximum absolute atomic E-state index is 12.4. The smallest absolute Gasteiger partial charge is 0.417 e. The monoisotopic (exact) mass is 290 g/mol. The van der Waals surface area contributed by atoms with Crippen molar-refractivity contribution in [3.8, 4) is 0 Å². The molecule has 2 fully saturated rings. The quantitative estimate of drug-likeness (QED) is 0.741. The van der Waals surface area contributed by atoms with Crippen LogP contribution in [0.5, 0.6) is 0 Å². The van der Waals surface area contributed by atoms with E-state index in [0.717, 1.165) is 32.4 Å². The number of hydrogen-bond acceptors (Lipinski definition) is 4. The Kier molecular flexibility index (Phi) is 4.85. The number of amides is 2. The summed E-state index contributed by atoms with van der Waals surface area (Å²) in [6.07, 6.45) is 1.92. The fourth-order valence-electron chi connectivity index (χ4n) is 2.68. The lowest BCUT2D eigenvalue weighted by molar-refractivity contribution is -0.136. The minimum atomic E-state index is -0.554.